The van der Waals surface area contributed by atoms with Gasteiger partial charge < -0.3 is 19.5 Å². The van der Waals surface area contributed by atoms with Crippen molar-refractivity contribution in [2.75, 3.05) is 20.3 Å². The fraction of sp³-hybridized carbons (Fsp3) is 0.462. The Morgan fingerprint density at radius 2 is 2.10 bits per heavy atom. The average Bonchev–Trinajstić information content (AvgIpc) is 2.41. The zero-order chi connectivity index (χ0) is 15.0. The molecule has 1 aromatic carbocycles. The second-order valence-corrected chi connectivity index (χ2v) is 3.77. The summed E-state index contributed by atoms with van der Waals surface area (Å²) in [6.07, 6.45) is 0. The predicted molar refractivity (Wildman–Crippen MR) is 68.0 cm³/mol. The van der Waals surface area contributed by atoms with Crippen molar-refractivity contribution in [3.8, 4) is 11.5 Å². The predicted octanol–water partition coefficient (Wildman–Crippen LogP) is 1.95. The molecular weight excluding hydrogens is 272 g/mol. The molecule has 0 unspecified atom stereocenters. The van der Waals surface area contributed by atoms with Crippen LogP contribution in [-0.4, -0.2) is 32.8 Å². The molecule has 0 heterocycles. The maximum Gasteiger partial charge on any atom is 0.387 e. The Bertz CT molecular complexity index is 440. The summed E-state index contributed by atoms with van der Waals surface area (Å²) in [5.41, 5.74) is 0.777. The summed E-state index contributed by atoms with van der Waals surface area (Å²) in [7, 11) is 1.30. The van der Waals surface area contributed by atoms with Gasteiger partial charge in [0, 0.05) is 6.54 Å². The third-order valence-electron chi connectivity index (χ3n) is 2.35. The van der Waals surface area contributed by atoms with Crippen LogP contribution < -0.4 is 14.8 Å². The normalized spacial score (nSPS) is 10.4. The van der Waals surface area contributed by atoms with E-state index < -0.39 is 6.61 Å². The van der Waals surface area contributed by atoms with Gasteiger partial charge in [0.2, 0.25) is 0 Å². The zero-order valence-electron chi connectivity index (χ0n) is 11.3. The van der Waals surface area contributed by atoms with Crippen LogP contribution in [0.1, 0.15) is 12.5 Å². The molecular formula is C13H17F2NO4. The van der Waals surface area contributed by atoms with Crippen molar-refractivity contribution in [2.45, 2.75) is 20.1 Å². The maximum absolute atomic E-state index is 12.2. The minimum atomic E-state index is -2.91. The van der Waals surface area contributed by atoms with Crippen LogP contribution in [0.4, 0.5) is 8.78 Å². The molecule has 5 nitrogen and oxygen atoms in total. The molecule has 0 aliphatic rings. The number of rotatable bonds is 8. The van der Waals surface area contributed by atoms with Gasteiger partial charge in [-0.15, -0.1) is 0 Å². The van der Waals surface area contributed by atoms with E-state index in [4.69, 9.17) is 4.74 Å². The molecule has 20 heavy (non-hydrogen) atoms. The van der Waals surface area contributed by atoms with Gasteiger partial charge >= 0.3 is 12.6 Å². The van der Waals surface area contributed by atoms with Gasteiger partial charge in [0.15, 0.2) is 11.5 Å². The molecule has 0 spiro atoms. The summed E-state index contributed by atoms with van der Waals surface area (Å²) in [5, 5.41) is 2.86. The van der Waals surface area contributed by atoms with Crippen LogP contribution in [0.15, 0.2) is 18.2 Å². The maximum atomic E-state index is 12.2. The van der Waals surface area contributed by atoms with Crippen molar-refractivity contribution in [2.24, 2.45) is 0 Å². The Balaban J connectivity index is 2.68. The summed E-state index contributed by atoms with van der Waals surface area (Å²) >= 11 is 0. The number of alkyl halides is 2. The van der Waals surface area contributed by atoms with Crippen molar-refractivity contribution in [3.63, 3.8) is 0 Å². The lowest BCUT2D eigenvalue weighted by Crippen LogP contribution is -2.23. The molecule has 0 bridgehead atoms. The van der Waals surface area contributed by atoms with Crippen LogP contribution in [0.3, 0.4) is 0 Å². The highest BCUT2D eigenvalue weighted by Gasteiger charge is 2.11. The Kier molecular flexibility index (Phi) is 6.72. The van der Waals surface area contributed by atoms with E-state index in [0.717, 1.165) is 5.56 Å². The molecule has 0 aliphatic heterocycles. The van der Waals surface area contributed by atoms with E-state index in [-0.39, 0.29) is 24.0 Å². The van der Waals surface area contributed by atoms with Crippen molar-refractivity contribution in [1.82, 2.24) is 5.32 Å². The quantitative estimate of drug-likeness (QED) is 0.741. The molecule has 0 aliphatic carbocycles. The summed E-state index contributed by atoms with van der Waals surface area (Å²) in [6.45, 7) is -0.384. The first-order chi connectivity index (χ1) is 9.56. The molecule has 7 heteroatoms. The highest BCUT2D eigenvalue weighted by molar-refractivity contribution is 5.71. The first kappa shape index (κ1) is 16.2. The molecule has 0 fully saturated rings. The van der Waals surface area contributed by atoms with Crippen LogP contribution in [-0.2, 0) is 16.1 Å². The largest absolute Gasteiger partial charge is 0.490 e. The molecule has 0 atom stereocenters. The lowest BCUT2D eigenvalue weighted by molar-refractivity contribution is -0.139. The van der Waals surface area contributed by atoms with Crippen LogP contribution in [0, 0.1) is 0 Å². The number of carbonyl (C=O) groups excluding carboxylic acids is 1. The standard InChI is InChI=1S/C13H17F2NO4/c1-3-19-11-6-9(7-16-8-12(17)18-2)4-5-10(11)20-13(14)15/h4-6,13,16H,3,7-8H2,1-2H3. The molecule has 0 radical (unpaired) electrons. The van der Waals surface area contributed by atoms with Crippen molar-refractivity contribution in [1.29, 1.82) is 0 Å². The van der Waals surface area contributed by atoms with Gasteiger partial charge in [-0.05, 0) is 24.6 Å². The number of hydrogen-bond acceptors (Lipinski definition) is 5. The van der Waals surface area contributed by atoms with E-state index in [9.17, 15) is 13.6 Å². The molecule has 0 amide bonds. The number of esters is 1. The lowest BCUT2D eigenvalue weighted by atomic mass is 10.2. The number of carbonyl (C=O) groups is 1. The fourth-order valence-electron chi connectivity index (χ4n) is 1.51. The Hall–Kier alpha value is -1.89. The summed E-state index contributed by atoms with van der Waals surface area (Å²) in [4.78, 5) is 10.9. The van der Waals surface area contributed by atoms with Crippen molar-refractivity contribution < 1.29 is 27.8 Å². The third-order valence-corrected chi connectivity index (χ3v) is 2.35. The van der Waals surface area contributed by atoms with Gasteiger partial charge in [-0.2, -0.15) is 8.78 Å². The van der Waals surface area contributed by atoms with E-state index in [2.05, 4.69) is 14.8 Å². The minimum absolute atomic E-state index is 0.0152. The zero-order valence-corrected chi connectivity index (χ0v) is 11.3. The van der Waals surface area contributed by atoms with Gasteiger partial charge in [-0.1, -0.05) is 6.07 Å². The van der Waals surface area contributed by atoms with Crippen LogP contribution in [0.2, 0.25) is 0 Å². The number of methoxy groups -OCH3 is 1. The Labute approximate surface area is 115 Å². The molecule has 0 saturated heterocycles. The number of nitrogens with one attached hydrogen (secondary N) is 1. The van der Waals surface area contributed by atoms with E-state index in [1.807, 2.05) is 0 Å². The number of halogens is 2. The van der Waals surface area contributed by atoms with Gasteiger partial charge in [0.1, 0.15) is 0 Å². The minimum Gasteiger partial charge on any atom is -0.490 e. The molecule has 1 rings (SSSR count). The highest BCUT2D eigenvalue weighted by atomic mass is 19.3. The number of ether oxygens (including phenoxy) is 3. The van der Waals surface area contributed by atoms with Crippen LogP contribution in [0.25, 0.3) is 0 Å². The first-order valence-electron chi connectivity index (χ1n) is 6.04. The molecule has 1 aromatic rings. The third kappa shape index (κ3) is 5.40. The SMILES string of the molecule is CCOc1cc(CNCC(=O)OC)ccc1OC(F)F. The molecule has 112 valence electrons. The van der Waals surface area contributed by atoms with E-state index in [0.29, 0.717) is 13.2 Å². The topological polar surface area (TPSA) is 56.8 Å². The van der Waals surface area contributed by atoms with Crippen LogP contribution in [0.5, 0.6) is 11.5 Å². The number of benzene rings is 1. The number of hydrogen-bond donors (Lipinski definition) is 1. The van der Waals surface area contributed by atoms with E-state index in [1.165, 1.54) is 13.2 Å². The smallest absolute Gasteiger partial charge is 0.387 e. The summed E-state index contributed by atoms with van der Waals surface area (Å²) in [6, 6.07) is 4.61. The molecule has 0 aromatic heterocycles. The Morgan fingerprint density at radius 1 is 1.35 bits per heavy atom. The second-order valence-electron chi connectivity index (χ2n) is 3.77. The van der Waals surface area contributed by atoms with E-state index in [1.54, 1.807) is 19.1 Å². The first-order valence-corrected chi connectivity index (χ1v) is 6.04. The van der Waals surface area contributed by atoms with Crippen molar-refractivity contribution in [3.05, 3.63) is 23.8 Å². The highest BCUT2D eigenvalue weighted by Crippen LogP contribution is 2.29. The molecule has 1 N–H and O–H groups in total. The van der Waals surface area contributed by atoms with Gasteiger partial charge in [0.25, 0.3) is 0 Å². The monoisotopic (exact) mass is 289 g/mol. The van der Waals surface area contributed by atoms with Crippen LogP contribution >= 0.6 is 0 Å². The fourth-order valence-corrected chi connectivity index (χ4v) is 1.51. The summed E-state index contributed by atoms with van der Waals surface area (Å²) in [5.74, 6) is -0.156. The van der Waals surface area contributed by atoms with Gasteiger partial charge in [-0.3, -0.25) is 4.79 Å². The Morgan fingerprint density at radius 3 is 2.70 bits per heavy atom. The molecule has 0 saturated carbocycles. The van der Waals surface area contributed by atoms with Crippen molar-refractivity contribution >= 4 is 5.97 Å². The van der Waals surface area contributed by atoms with E-state index >= 15 is 0 Å². The lowest BCUT2D eigenvalue weighted by Gasteiger charge is -2.13. The van der Waals surface area contributed by atoms with Gasteiger partial charge in [0.05, 0.1) is 20.3 Å². The van der Waals surface area contributed by atoms with Gasteiger partial charge in [-0.25, -0.2) is 0 Å². The second kappa shape index (κ2) is 8.31. The average molecular weight is 289 g/mol. The summed E-state index contributed by atoms with van der Waals surface area (Å²) < 4.78 is 38.6.